The van der Waals surface area contributed by atoms with Crippen molar-refractivity contribution in [1.82, 2.24) is 4.57 Å². The lowest BCUT2D eigenvalue weighted by atomic mass is 10.1. The van der Waals surface area contributed by atoms with Crippen LogP contribution in [-0.4, -0.2) is 15.3 Å². The highest BCUT2D eigenvalue weighted by Gasteiger charge is 2.14. The molecule has 2 aromatic rings. The van der Waals surface area contributed by atoms with Gasteiger partial charge in [0.1, 0.15) is 0 Å². The Labute approximate surface area is 150 Å². The number of aryl methyl sites for hydroxylation is 1. The molecule has 1 aromatic carbocycles. The van der Waals surface area contributed by atoms with E-state index in [0.717, 1.165) is 5.69 Å². The lowest BCUT2D eigenvalue weighted by molar-refractivity contribution is -0.385. The maximum atomic E-state index is 10.9. The second kappa shape index (κ2) is 13.5. The molecule has 0 aliphatic rings. The van der Waals surface area contributed by atoms with Crippen LogP contribution in [0.2, 0.25) is 0 Å². The Morgan fingerprint density at radius 2 is 1.64 bits per heavy atom. The molecule has 1 aromatic heterocycles. The molecule has 0 aliphatic heterocycles. The van der Waals surface area contributed by atoms with E-state index in [1.165, 1.54) is 25.1 Å². The van der Waals surface area contributed by atoms with Gasteiger partial charge in [0.2, 0.25) is 5.82 Å². The Hall–Kier alpha value is -2.94. The predicted molar refractivity (Wildman–Crippen MR) is 102 cm³/mol. The number of aromatic nitrogens is 1. The number of nitrogens with zero attached hydrogens (tertiary/aromatic N) is 3. The quantitative estimate of drug-likeness (QED) is 0.302. The summed E-state index contributed by atoms with van der Waals surface area (Å²) < 4.78 is 1.87. The molecule has 6 heteroatoms. The Morgan fingerprint density at radius 3 is 1.92 bits per heavy atom. The molecule has 25 heavy (non-hydrogen) atoms. The molecule has 0 spiro atoms. The first-order valence-corrected chi connectivity index (χ1v) is 8.12. The first-order chi connectivity index (χ1) is 11.9. The van der Waals surface area contributed by atoms with E-state index < -0.39 is 4.92 Å². The number of nitro benzene ring substituents is 1. The third kappa shape index (κ3) is 7.93. The van der Waals surface area contributed by atoms with Gasteiger partial charge in [-0.1, -0.05) is 46.4 Å². The molecule has 2 rings (SSSR count). The molecule has 0 saturated carbocycles. The number of hydrogen-bond acceptors (Lipinski definition) is 3. The average Bonchev–Trinajstić information content (AvgIpc) is 2.97. The van der Waals surface area contributed by atoms with E-state index in [0.29, 0.717) is 5.82 Å². The van der Waals surface area contributed by atoms with Crippen molar-refractivity contribution in [1.29, 1.82) is 0 Å². The van der Waals surface area contributed by atoms with E-state index >= 15 is 0 Å². The van der Waals surface area contributed by atoms with Crippen molar-refractivity contribution in [3.05, 3.63) is 69.2 Å². The van der Waals surface area contributed by atoms with Gasteiger partial charge in [0, 0.05) is 6.07 Å². The van der Waals surface area contributed by atoms with Crippen LogP contribution in [0.3, 0.4) is 0 Å². The number of carbonyl (C=O) groups excluding carboxylic acids is 1. The number of ketones is 1. The highest BCUT2D eigenvalue weighted by atomic mass is 16.6. The van der Waals surface area contributed by atoms with Gasteiger partial charge in [0.05, 0.1) is 23.2 Å². The summed E-state index contributed by atoms with van der Waals surface area (Å²) in [6, 6.07) is 9.65. The van der Waals surface area contributed by atoms with Crippen LogP contribution in [0.25, 0.3) is 4.85 Å². The zero-order valence-electron chi connectivity index (χ0n) is 16.0. The van der Waals surface area contributed by atoms with Gasteiger partial charge in [0.15, 0.2) is 5.78 Å². The van der Waals surface area contributed by atoms with Crippen molar-refractivity contribution >= 4 is 17.3 Å². The van der Waals surface area contributed by atoms with Gasteiger partial charge in [-0.15, -0.1) is 0 Å². The fourth-order valence-corrected chi connectivity index (χ4v) is 1.64. The number of carbonyl (C=O) groups is 1. The van der Waals surface area contributed by atoms with Crippen LogP contribution in [0.15, 0.2) is 36.4 Å². The van der Waals surface area contributed by atoms with Crippen LogP contribution in [0.5, 0.6) is 0 Å². The van der Waals surface area contributed by atoms with Crippen LogP contribution < -0.4 is 0 Å². The van der Waals surface area contributed by atoms with E-state index in [2.05, 4.69) is 4.85 Å². The second-order valence-electron chi connectivity index (χ2n) is 4.33. The Morgan fingerprint density at radius 1 is 1.12 bits per heavy atom. The molecule has 0 radical (unpaired) electrons. The standard InChI is InChI=1S/C8H7NO3.C7H8N2.2C2H6/c1-6(10)7-4-2-3-5-8(7)9(11)12;1-6-4-5-7(8-2)9(6)3;2*1-2/h2-5H,1H3;4-5H,1,3H3;2*1-2H3. The van der Waals surface area contributed by atoms with E-state index in [1.54, 1.807) is 6.07 Å². The number of benzene rings is 1. The van der Waals surface area contributed by atoms with Crippen LogP contribution in [0.4, 0.5) is 11.5 Å². The SMILES string of the molecule is CC.CC.CC(=O)c1ccccc1[N+](=O)[O-].[C-]#[N+]c1ccc(C)n1C. The minimum atomic E-state index is -0.559. The van der Waals surface area contributed by atoms with Crippen molar-refractivity contribution in [2.24, 2.45) is 7.05 Å². The normalized spacial score (nSPS) is 8.24. The summed E-state index contributed by atoms with van der Waals surface area (Å²) in [5.74, 6) is 0.412. The predicted octanol–water partition coefficient (Wildman–Crippen LogP) is 5.73. The second-order valence-corrected chi connectivity index (χ2v) is 4.33. The molecule has 0 fully saturated rings. The van der Waals surface area contributed by atoms with E-state index in [-0.39, 0.29) is 17.0 Å². The zero-order valence-corrected chi connectivity index (χ0v) is 16.0. The van der Waals surface area contributed by atoms with Gasteiger partial charge in [-0.2, -0.15) is 0 Å². The topological polar surface area (TPSA) is 69.5 Å². The van der Waals surface area contributed by atoms with Gasteiger partial charge in [-0.05, 0) is 32.0 Å². The summed E-state index contributed by atoms with van der Waals surface area (Å²) in [5.41, 5.74) is 1.15. The molecule has 1 heterocycles. The van der Waals surface area contributed by atoms with Crippen LogP contribution in [-0.2, 0) is 7.05 Å². The number of Topliss-reactive ketones (excluding diaryl/α,β-unsaturated/α-hetero) is 1. The van der Waals surface area contributed by atoms with Gasteiger partial charge >= 0.3 is 0 Å². The van der Waals surface area contributed by atoms with Crippen molar-refractivity contribution < 1.29 is 9.72 Å². The highest BCUT2D eigenvalue weighted by Crippen LogP contribution is 2.17. The van der Waals surface area contributed by atoms with Crippen molar-refractivity contribution in [2.75, 3.05) is 0 Å². The van der Waals surface area contributed by atoms with Crippen molar-refractivity contribution in [2.45, 2.75) is 41.5 Å². The number of rotatable bonds is 2. The minimum absolute atomic E-state index is 0.134. The van der Waals surface area contributed by atoms with Gasteiger partial charge in [-0.3, -0.25) is 14.9 Å². The largest absolute Gasteiger partial charge is 0.364 e. The van der Waals surface area contributed by atoms with Crippen molar-refractivity contribution in [3.8, 4) is 0 Å². The third-order valence-corrected chi connectivity index (χ3v) is 2.94. The minimum Gasteiger partial charge on any atom is -0.364 e. The fraction of sp³-hybridized carbons (Fsp3) is 0.368. The molecule has 0 bridgehead atoms. The van der Waals surface area contributed by atoms with E-state index in [4.69, 9.17) is 6.57 Å². The number of nitro groups is 1. The van der Waals surface area contributed by atoms with Crippen molar-refractivity contribution in [3.63, 3.8) is 0 Å². The first-order valence-electron chi connectivity index (χ1n) is 8.12. The molecular formula is C19H27N3O3. The molecular weight excluding hydrogens is 318 g/mol. The smallest absolute Gasteiger partial charge is 0.280 e. The lowest BCUT2D eigenvalue weighted by Gasteiger charge is -1.95. The lowest BCUT2D eigenvalue weighted by Crippen LogP contribution is -1.98. The summed E-state index contributed by atoms with van der Waals surface area (Å²) in [6.07, 6.45) is 0. The molecule has 0 N–H and O–H groups in total. The monoisotopic (exact) mass is 345 g/mol. The van der Waals surface area contributed by atoms with Crippen LogP contribution in [0.1, 0.15) is 50.7 Å². The molecule has 136 valence electrons. The van der Waals surface area contributed by atoms with Crippen LogP contribution >= 0.6 is 0 Å². The maximum absolute atomic E-state index is 10.9. The van der Waals surface area contributed by atoms with Gasteiger partial charge in [0.25, 0.3) is 5.69 Å². The Kier molecular flexibility index (Phi) is 13.1. The van der Waals surface area contributed by atoms with Crippen LogP contribution in [0, 0.1) is 23.6 Å². The summed E-state index contributed by atoms with van der Waals surface area (Å²) in [6.45, 7) is 18.0. The van der Waals surface area contributed by atoms with Gasteiger partial charge < -0.3 is 9.41 Å². The Bertz CT molecular complexity index is 680. The first kappa shape index (κ1) is 24.3. The number of para-hydroxylation sites is 1. The highest BCUT2D eigenvalue weighted by molar-refractivity contribution is 5.97. The molecule has 0 aliphatic carbocycles. The summed E-state index contributed by atoms with van der Waals surface area (Å²) in [4.78, 5) is 24.0. The molecule has 0 amide bonds. The third-order valence-electron chi connectivity index (χ3n) is 2.94. The van der Waals surface area contributed by atoms with E-state index in [9.17, 15) is 14.9 Å². The molecule has 0 unspecified atom stereocenters. The fourth-order valence-electron chi connectivity index (χ4n) is 1.64. The Balaban J connectivity index is 0. The van der Waals surface area contributed by atoms with E-state index in [1.807, 2.05) is 58.4 Å². The van der Waals surface area contributed by atoms with Gasteiger partial charge in [-0.25, -0.2) is 0 Å². The molecule has 6 nitrogen and oxygen atoms in total. The summed E-state index contributed by atoms with van der Waals surface area (Å²) >= 11 is 0. The number of hydrogen-bond donors (Lipinski definition) is 0. The molecule has 0 atom stereocenters. The summed E-state index contributed by atoms with van der Waals surface area (Å²) in [7, 11) is 1.89. The maximum Gasteiger partial charge on any atom is 0.280 e. The zero-order chi connectivity index (χ0) is 20.0. The average molecular weight is 345 g/mol. The summed E-state index contributed by atoms with van der Waals surface area (Å²) in [5, 5.41) is 10.4. The molecule has 0 saturated heterocycles.